The van der Waals surface area contributed by atoms with Crippen molar-refractivity contribution in [3.63, 3.8) is 0 Å². The van der Waals surface area contributed by atoms with Crippen LogP contribution in [0.25, 0.3) is 0 Å². The molecule has 5 nitrogen and oxygen atoms in total. The van der Waals surface area contributed by atoms with E-state index in [1.165, 1.54) is 6.39 Å². The monoisotopic (exact) mass is 394 g/mol. The number of benzene rings is 2. The second-order valence-corrected chi connectivity index (χ2v) is 6.91. The molecule has 0 spiro atoms. The van der Waals surface area contributed by atoms with Crippen molar-refractivity contribution in [3.05, 3.63) is 82.5 Å². The Morgan fingerprint density at radius 3 is 2.50 bits per heavy atom. The first-order chi connectivity index (χ1) is 13.6. The second kappa shape index (κ2) is 9.20. The molecule has 3 rings (SSSR count). The third-order valence-corrected chi connectivity index (χ3v) is 4.75. The molecule has 0 unspecified atom stereocenters. The average molecular weight is 395 g/mol. The van der Waals surface area contributed by atoms with E-state index < -0.39 is 0 Å². The number of oxazole rings is 1. The van der Waals surface area contributed by atoms with Crippen molar-refractivity contribution in [1.29, 1.82) is 5.26 Å². The Kier molecular flexibility index (Phi) is 6.46. The molecule has 0 amide bonds. The van der Waals surface area contributed by atoms with Gasteiger partial charge < -0.3 is 9.15 Å². The number of halogens is 1. The minimum atomic E-state index is -0.273. The molecule has 0 aliphatic rings. The molecule has 1 aromatic heterocycles. The standard InChI is InChI=1S/C22H19ClN2O3/c1-27-20-8-4-15(5-9-20)10-17(22-21(13-24)25-14-28-22)12-19(26)11-16-2-6-18(23)7-3-16/h2-9,14,17H,10-12H2,1H3/t17-/m1/s1. The van der Waals surface area contributed by atoms with Crippen molar-refractivity contribution in [1.82, 2.24) is 4.98 Å². The van der Waals surface area contributed by atoms with Crippen LogP contribution >= 0.6 is 11.6 Å². The van der Waals surface area contributed by atoms with Gasteiger partial charge in [-0.2, -0.15) is 5.26 Å². The molecule has 0 bridgehead atoms. The number of Topliss-reactive ketones (excluding diaryl/α,β-unsaturated/α-hetero) is 1. The normalized spacial score (nSPS) is 11.6. The topological polar surface area (TPSA) is 76.1 Å². The van der Waals surface area contributed by atoms with Crippen LogP contribution < -0.4 is 4.74 Å². The molecule has 3 aromatic rings. The summed E-state index contributed by atoms with van der Waals surface area (Å²) in [6.07, 6.45) is 2.35. The number of hydrogen-bond acceptors (Lipinski definition) is 5. The SMILES string of the molecule is COc1ccc(C[C@H](CC(=O)Cc2ccc(Cl)cc2)c2ocnc2C#N)cc1. The van der Waals surface area contributed by atoms with E-state index in [1.54, 1.807) is 19.2 Å². The van der Waals surface area contributed by atoms with Gasteiger partial charge in [-0.1, -0.05) is 35.9 Å². The van der Waals surface area contributed by atoms with Crippen LogP contribution in [-0.4, -0.2) is 17.9 Å². The van der Waals surface area contributed by atoms with Crippen molar-refractivity contribution in [3.8, 4) is 11.8 Å². The molecule has 1 atom stereocenters. The van der Waals surface area contributed by atoms with Gasteiger partial charge in [-0.3, -0.25) is 4.79 Å². The molecular formula is C22H19ClN2O3. The molecule has 0 saturated carbocycles. The Morgan fingerprint density at radius 2 is 1.86 bits per heavy atom. The average Bonchev–Trinajstić information content (AvgIpc) is 3.18. The fourth-order valence-electron chi connectivity index (χ4n) is 3.11. The van der Waals surface area contributed by atoms with E-state index in [1.807, 2.05) is 42.5 Å². The number of methoxy groups -OCH3 is 1. The van der Waals surface area contributed by atoms with Gasteiger partial charge in [0.2, 0.25) is 0 Å². The molecule has 1 heterocycles. The Balaban J connectivity index is 1.78. The number of carbonyl (C=O) groups is 1. The summed E-state index contributed by atoms with van der Waals surface area (Å²) in [5, 5.41) is 9.93. The smallest absolute Gasteiger partial charge is 0.182 e. The fourth-order valence-corrected chi connectivity index (χ4v) is 3.24. The summed E-state index contributed by atoms with van der Waals surface area (Å²) in [4.78, 5) is 16.6. The van der Waals surface area contributed by atoms with Gasteiger partial charge in [0, 0.05) is 23.8 Å². The summed E-state index contributed by atoms with van der Waals surface area (Å²) in [6, 6.07) is 16.9. The largest absolute Gasteiger partial charge is 0.497 e. The highest BCUT2D eigenvalue weighted by Crippen LogP contribution is 2.28. The number of nitrogens with zero attached hydrogens (tertiary/aromatic N) is 2. The number of aromatic nitrogens is 1. The number of rotatable bonds is 8. The predicted octanol–water partition coefficient (Wildman–Crippen LogP) is 4.74. The first-order valence-corrected chi connectivity index (χ1v) is 9.19. The first kappa shape index (κ1) is 19.7. The van der Waals surface area contributed by atoms with Gasteiger partial charge in [0.25, 0.3) is 0 Å². The number of hydrogen-bond donors (Lipinski definition) is 0. The Morgan fingerprint density at radius 1 is 1.18 bits per heavy atom. The molecule has 6 heteroatoms. The zero-order valence-corrected chi connectivity index (χ0v) is 16.1. The van der Waals surface area contributed by atoms with Crippen LogP contribution in [0.4, 0.5) is 0 Å². The van der Waals surface area contributed by atoms with Crippen molar-refractivity contribution in [2.75, 3.05) is 7.11 Å². The molecule has 0 radical (unpaired) electrons. The summed E-state index contributed by atoms with van der Waals surface area (Å²) in [7, 11) is 1.61. The summed E-state index contributed by atoms with van der Waals surface area (Å²) < 4.78 is 10.7. The van der Waals surface area contributed by atoms with Crippen LogP contribution in [0.15, 0.2) is 59.3 Å². The quantitative estimate of drug-likeness (QED) is 0.551. The highest BCUT2D eigenvalue weighted by molar-refractivity contribution is 6.30. The summed E-state index contributed by atoms with van der Waals surface area (Å²) in [5.74, 6) is 0.991. The first-order valence-electron chi connectivity index (χ1n) is 8.81. The lowest BCUT2D eigenvalue weighted by atomic mass is 9.89. The lowest BCUT2D eigenvalue weighted by Gasteiger charge is -2.15. The van der Waals surface area contributed by atoms with E-state index in [2.05, 4.69) is 4.98 Å². The van der Waals surface area contributed by atoms with Gasteiger partial charge in [0.15, 0.2) is 12.1 Å². The Labute approximate surface area is 168 Å². The van der Waals surface area contributed by atoms with E-state index in [-0.39, 0.29) is 23.8 Å². The highest BCUT2D eigenvalue weighted by Gasteiger charge is 2.24. The lowest BCUT2D eigenvalue weighted by molar-refractivity contribution is -0.118. The maximum atomic E-state index is 12.7. The zero-order chi connectivity index (χ0) is 19.9. The molecular weight excluding hydrogens is 376 g/mol. The zero-order valence-electron chi connectivity index (χ0n) is 15.4. The lowest BCUT2D eigenvalue weighted by Crippen LogP contribution is -2.12. The number of nitriles is 1. The third-order valence-electron chi connectivity index (χ3n) is 4.50. The molecule has 0 aliphatic heterocycles. The van der Waals surface area contributed by atoms with Crippen LogP contribution in [0, 0.1) is 11.3 Å². The van der Waals surface area contributed by atoms with Gasteiger partial charge in [-0.25, -0.2) is 4.98 Å². The summed E-state index contributed by atoms with van der Waals surface area (Å²) in [6.45, 7) is 0. The predicted molar refractivity (Wildman–Crippen MR) is 105 cm³/mol. The molecule has 142 valence electrons. The van der Waals surface area contributed by atoms with Gasteiger partial charge in [0.1, 0.15) is 23.4 Å². The van der Waals surface area contributed by atoms with E-state index in [0.717, 1.165) is 16.9 Å². The molecule has 0 aliphatic carbocycles. The van der Waals surface area contributed by atoms with E-state index in [4.69, 9.17) is 20.8 Å². The molecule has 28 heavy (non-hydrogen) atoms. The maximum Gasteiger partial charge on any atom is 0.182 e. The maximum absolute atomic E-state index is 12.7. The van der Waals surface area contributed by atoms with Crippen molar-refractivity contribution < 1.29 is 13.9 Å². The minimum Gasteiger partial charge on any atom is -0.497 e. The van der Waals surface area contributed by atoms with Crippen molar-refractivity contribution in [2.45, 2.75) is 25.2 Å². The minimum absolute atomic E-state index is 0.0566. The van der Waals surface area contributed by atoms with E-state index >= 15 is 0 Å². The number of ketones is 1. The summed E-state index contributed by atoms with van der Waals surface area (Å²) >= 11 is 5.90. The number of carbonyl (C=O) groups excluding carboxylic acids is 1. The van der Waals surface area contributed by atoms with Crippen molar-refractivity contribution >= 4 is 17.4 Å². The van der Waals surface area contributed by atoms with Crippen LogP contribution in [0.5, 0.6) is 5.75 Å². The molecule has 0 saturated heterocycles. The van der Waals surface area contributed by atoms with Crippen LogP contribution in [0.1, 0.15) is 34.9 Å². The van der Waals surface area contributed by atoms with Gasteiger partial charge in [-0.15, -0.1) is 0 Å². The second-order valence-electron chi connectivity index (χ2n) is 6.47. The van der Waals surface area contributed by atoms with Gasteiger partial charge in [0.05, 0.1) is 7.11 Å². The van der Waals surface area contributed by atoms with Crippen LogP contribution in [0.2, 0.25) is 5.02 Å². The van der Waals surface area contributed by atoms with Crippen molar-refractivity contribution in [2.24, 2.45) is 0 Å². The molecule has 2 aromatic carbocycles. The molecule has 0 N–H and O–H groups in total. The van der Waals surface area contributed by atoms with E-state index in [9.17, 15) is 10.1 Å². The fraction of sp³-hybridized carbons (Fsp3) is 0.227. The van der Waals surface area contributed by atoms with Gasteiger partial charge >= 0.3 is 0 Å². The molecule has 0 fully saturated rings. The highest BCUT2D eigenvalue weighted by atomic mass is 35.5. The Bertz CT molecular complexity index is 972. The van der Waals surface area contributed by atoms with Crippen LogP contribution in [-0.2, 0) is 17.6 Å². The number of ether oxygens (including phenoxy) is 1. The Hall–Kier alpha value is -3.10. The van der Waals surface area contributed by atoms with E-state index in [0.29, 0.717) is 23.6 Å². The summed E-state index contributed by atoms with van der Waals surface area (Å²) in [5.41, 5.74) is 2.14. The third kappa shape index (κ3) is 4.99. The van der Waals surface area contributed by atoms with Crippen LogP contribution in [0.3, 0.4) is 0 Å². The van der Waals surface area contributed by atoms with Gasteiger partial charge in [-0.05, 0) is 41.8 Å².